The van der Waals surface area contributed by atoms with E-state index in [4.69, 9.17) is 0 Å². The highest BCUT2D eigenvalue weighted by atomic mass is 79.9. The molecule has 0 spiro atoms. The number of aryl methyl sites for hydroxylation is 1. The van der Waals surface area contributed by atoms with Gasteiger partial charge in [-0.25, -0.2) is 0 Å². The molecule has 3 rings (SSSR count). The summed E-state index contributed by atoms with van der Waals surface area (Å²) < 4.78 is 3.09. The highest BCUT2D eigenvalue weighted by molar-refractivity contribution is 9.10. The maximum atomic E-state index is 4.63. The second-order valence-electron chi connectivity index (χ2n) is 6.25. The van der Waals surface area contributed by atoms with E-state index < -0.39 is 0 Å². The molecule has 2 atom stereocenters. The van der Waals surface area contributed by atoms with Crippen molar-refractivity contribution in [1.82, 2.24) is 14.7 Å². The first-order valence-electron chi connectivity index (χ1n) is 8.03. The molecule has 1 aliphatic rings. The number of piperidine rings is 1. The van der Waals surface area contributed by atoms with Gasteiger partial charge in [0, 0.05) is 30.6 Å². The second kappa shape index (κ2) is 6.49. The molecule has 1 saturated heterocycles. The molecule has 0 bridgehead atoms. The normalized spacial score (nSPS) is 23.8. The van der Waals surface area contributed by atoms with Crippen LogP contribution in [0.25, 0.3) is 10.9 Å². The fourth-order valence-corrected chi connectivity index (χ4v) is 4.10. The third kappa shape index (κ3) is 3.16. The Morgan fingerprint density at radius 3 is 2.62 bits per heavy atom. The number of para-hydroxylation sites is 1. The first kappa shape index (κ1) is 15.0. The lowest BCUT2D eigenvalue weighted by Crippen LogP contribution is -2.44. The number of hydrogen-bond acceptors (Lipinski definition) is 2. The average Bonchev–Trinajstić information content (AvgIpc) is 2.79. The van der Waals surface area contributed by atoms with Crippen LogP contribution in [0.1, 0.15) is 39.5 Å². The Bertz CT molecular complexity index is 597. The van der Waals surface area contributed by atoms with Gasteiger partial charge in [0.05, 0.1) is 5.52 Å². The number of fused-ring (bicyclic) bond motifs is 1. The van der Waals surface area contributed by atoms with Crippen LogP contribution in [0, 0.1) is 0 Å². The molecule has 0 N–H and O–H groups in total. The minimum absolute atomic E-state index is 0.731. The molecule has 2 unspecified atom stereocenters. The lowest BCUT2D eigenvalue weighted by molar-refractivity contribution is 0.100. The van der Waals surface area contributed by atoms with Crippen LogP contribution >= 0.6 is 15.9 Å². The number of aromatic nitrogens is 2. The molecular formula is C17H24BrN3. The van der Waals surface area contributed by atoms with E-state index in [0.717, 1.165) is 29.7 Å². The molecule has 1 aliphatic heterocycles. The van der Waals surface area contributed by atoms with Crippen LogP contribution in [-0.2, 0) is 6.54 Å². The minimum Gasteiger partial charge on any atom is -0.298 e. The summed E-state index contributed by atoms with van der Waals surface area (Å²) in [6.45, 7) is 6.90. The van der Waals surface area contributed by atoms with E-state index in [1.54, 1.807) is 0 Å². The predicted molar refractivity (Wildman–Crippen MR) is 91.5 cm³/mol. The summed E-state index contributed by atoms with van der Waals surface area (Å²) in [4.78, 5) is 2.67. The van der Waals surface area contributed by atoms with Crippen LogP contribution in [0.15, 0.2) is 28.9 Å². The highest BCUT2D eigenvalue weighted by Gasteiger charge is 2.23. The van der Waals surface area contributed by atoms with Gasteiger partial charge in [-0.2, -0.15) is 5.10 Å². The molecule has 1 aromatic carbocycles. The van der Waals surface area contributed by atoms with Crippen molar-refractivity contribution in [1.29, 1.82) is 0 Å². The number of likely N-dealkylation sites (tertiary alicyclic amines) is 1. The van der Waals surface area contributed by atoms with Crippen LogP contribution < -0.4 is 0 Å². The maximum absolute atomic E-state index is 4.63. The van der Waals surface area contributed by atoms with Gasteiger partial charge in [-0.15, -0.1) is 0 Å². The Balaban J connectivity index is 1.64. The molecule has 0 amide bonds. The number of hydrogen-bond donors (Lipinski definition) is 0. The standard InChI is InChI=1S/C17H24BrN3/c1-13-7-5-8-14(2)20(13)11-6-12-21-16-10-4-3-9-15(16)17(18)19-21/h3-4,9-10,13-14H,5-8,11-12H2,1-2H3. The van der Waals surface area contributed by atoms with Crippen LogP contribution in [0.2, 0.25) is 0 Å². The van der Waals surface area contributed by atoms with Gasteiger partial charge >= 0.3 is 0 Å². The molecule has 21 heavy (non-hydrogen) atoms. The van der Waals surface area contributed by atoms with Crippen LogP contribution in [0.3, 0.4) is 0 Å². The molecule has 0 saturated carbocycles. The lowest BCUT2D eigenvalue weighted by atomic mass is 9.97. The molecule has 1 aromatic heterocycles. The highest BCUT2D eigenvalue weighted by Crippen LogP contribution is 2.24. The SMILES string of the molecule is CC1CCCC(C)N1CCCn1nc(Br)c2ccccc21. The lowest BCUT2D eigenvalue weighted by Gasteiger charge is -2.39. The molecule has 1 fully saturated rings. The summed E-state index contributed by atoms with van der Waals surface area (Å²) in [6, 6.07) is 9.89. The number of benzene rings is 1. The average molecular weight is 350 g/mol. The monoisotopic (exact) mass is 349 g/mol. The van der Waals surface area contributed by atoms with Crippen molar-refractivity contribution in [3.8, 4) is 0 Å². The summed E-state index contributed by atoms with van der Waals surface area (Å²) in [5.41, 5.74) is 1.23. The van der Waals surface area contributed by atoms with Crippen LogP contribution in [-0.4, -0.2) is 33.3 Å². The molecule has 2 heterocycles. The number of rotatable bonds is 4. The van der Waals surface area contributed by atoms with Gasteiger partial charge in [0.2, 0.25) is 0 Å². The van der Waals surface area contributed by atoms with Crippen LogP contribution in [0.4, 0.5) is 0 Å². The molecule has 114 valence electrons. The molecule has 0 radical (unpaired) electrons. The van der Waals surface area contributed by atoms with Crippen molar-refractivity contribution in [2.24, 2.45) is 0 Å². The van der Waals surface area contributed by atoms with Crippen molar-refractivity contribution < 1.29 is 0 Å². The topological polar surface area (TPSA) is 21.1 Å². The van der Waals surface area contributed by atoms with E-state index in [-0.39, 0.29) is 0 Å². The van der Waals surface area contributed by atoms with Crippen molar-refractivity contribution in [3.05, 3.63) is 28.9 Å². The number of nitrogens with zero attached hydrogens (tertiary/aromatic N) is 3. The van der Waals surface area contributed by atoms with Gasteiger partial charge in [0.15, 0.2) is 0 Å². The predicted octanol–water partition coefficient (Wildman–Crippen LogP) is 4.45. The zero-order chi connectivity index (χ0) is 14.8. The summed E-state index contributed by atoms with van der Waals surface area (Å²) in [7, 11) is 0. The van der Waals surface area contributed by atoms with Crippen molar-refractivity contribution in [2.75, 3.05) is 6.54 Å². The maximum Gasteiger partial charge on any atom is 0.135 e. The first-order valence-corrected chi connectivity index (χ1v) is 8.83. The van der Waals surface area contributed by atoms with Gasteiger partial charge in [-0.1, -0.05) is 24.6 Å². The number of halogens is 1. The fraction of sp³-hybridized carbons (Fsp3) is 0.588. The van der Waals surface area contributed by atoms with E-state index >= 15 is 0 Å². The van der Waals surface area contributed by atoms with Gasteiger partial charge in [-0.05, 0) is 55.1 Å². The Kier molecular flexibility index (Phi) is 4.65. The molecule has 4 heteroatoms. The molecule has 2 aromatic rings. The van der Waals surface area contributed by atoms with Gasteiger partial charge in [0.25, 0.3) is 0 Å². The van der Waals surface area contributed by atoms with E-state index in [0.29, 0.717) is 0 Å². The molecule has 0 aliphatic carbocycles. The summed E-state index contributed by atoms with van der Waals surface area (Å²) >= 11 is 3.56. The third-order valence-electron chi connectivity index (χ3n) is 4.78. The van der Waals surface area contributed by atoms with Crippen LogP contribution in [0.5, 0.6) is 0 Å². The third-order valence-corrected chi connectivity index (χ3v) is 5.36. The fourth-order valence-electron chi connectivity index (χ4n) is 3.58. The largest absolute Gasteiger partial charge is 0.298 e. The summed E-state index contributed by atoms with van der Waals surface area (Å²) in [5.74, 6) is 0. The van der Waals surface area contributed by atoms with E-state index in [9.17, 15) is 0 Å². The van der Waals surface area contributed by atoms with Crippen molar-refractivity contribution in [2.45, 2.75) is 58.2 Å². The molecular weight excluding hydrogens is 326 g/mol. The zero-order valence-electron chi connectivity index (χ0n) is 12.9. The molecule has 3 nitrogen and oxygen atoms in total. The zero-order valence-corrected chi connectivity index (χ0v) is 14.5. The Hall–Kier alpha value is -0.870. The van der Waals surface area contributed by atoms with E-state index in [1.165, 1.54) is 36.7 Å². The van der Waals surface area contributed by atoms with Crippen molar-refractivity contribution >= 4 is 26.8 Å². The Morgan fingerprint density at radius 1 is 1.14 bits per heavy atom. The van der Waals surface area contributed by atoms with Gasteiger partial charge < -0.3 is 0 Å². The second-order valence-corrected chi connectivity index (χ2v) is 7.00. The summed E-state index contributed by atoms with van der Waals surface area (Å²) in [6.07, 6.45) is 5.24. The Labute approximate surface area is 135 Å². The quantitative estimate of drug-likeness (QED) is 0.812. The Morgan fingerprint density at radius 2 is 1.86 bits per heavy atom. The van der Waals surface area contributed by atoms with E-state index in [1.807, 2.05) is 0 Å². The van der Waals surface area contributed by atoms with Gasteiger partial charge in [0.1, 0.15) is 4.60 Å². The van der Waals surface area contributed by atoms with E-state index in [2.05, 4.69) is 68.7 Å². The minimum atomic E-state index is 0.731. The first-order chi connectivity index (χ1) is 10.2. The van der Waals surface area contributed by atoms with Gasteiger partial charge in [-0.3, -0.25) is 9.58 Å². The van der Waals surface area contributed by atoms with Crippen molar-refractivity contribution in [3.63, 3.8) is 0 Å². The summed E-state index contributed by atoms with van der Waals surface area (Å²) in [5, 5.41) is 5.83. The smallest absolute Gasteiger partial charge is 0.135 e.